The summed E-state index contributed by atoms with van der Waals surface area (Å²) in [4.78, 5) is 24.4. The lowest BCUT2D eigenvalue weighted by molar-refractivity contribution is 0.0691. The van der Waals surface area contributed by atoms with Crippen molar-refractivity contribution in [3.05, 3.63) is 16.1 Å². The van der Waals surface area contributed by atoms with Crippen molar-refractivity contribution >= 4 is 23.3 Å². The van der Waals surface area contributed by atoms with E-state index in [0.29, 0.717) is 5.01 Å². The Hall–Kier alpha value is -1.63. The molecular formula is C6H7N3O3S. The van der Waals surface area contributed by atoms with Crippen LogP contribution in [0.4, 0.5) is 4.79 Å². The van der Waals surface area contributed by atoms with Crippen molar-refractivity contribution in [2.45, 2.75) is 6.54 Å². The molecule has 70 valence electrons. The molecule has 0 atom stereocenters. The Morgan fingerprint density at radius 1 is 1.69 bits per heavy atom. The third-order valence-electron chi connectivity index (χ3n) is 1.18. The Bertz CT molecular complexity index is 336. The molecule has 13 heavy (non-hydrogen) atoms. The van der Waals surface area contributed by atoms with Crippen LogP contribution in [-0.4, -0.2) is 22.1 Å². The minimum absolute atomic E-state index is 0.0220. The zero-order chi connectivity index (χ0) is 9.84. The van der Waals surface area contributed by atoms with Crippen LogP contribution in [0.3, 0.4) is 0 Å². The molecule has 6 nitrogen and oxygen atoms in total. The van der Waals surface area contributed by atoms with Gasteiger partial charge in [0.1, 0.15) is 5.01 Å². The molecule has 7 heteroatoms. The number of thiazole rings is 1. The minimum atomic E-state index is -1.08. The summed E-state index contributed by atoms with van der Waals surface area (Å²) >= 11 is 1.16. The molecule has 0 bridgehead atoms. The number of primary amides is 1. The molecule has 0 aromatic carbocycles. The van der Waals surface area contributed by atoms with Crippen LogP contribution in [0.5, 0.6) is 0 Å². The van der Waals surface area contributed by atoms with Crippen LogP contribution in [0.15, 0.2) is 5.38 Å². The van der Waals surface area contributed by atoms with Crippen LogP contribution < -0.4 is 11.1 Å². The van der Waals surface area contributed by atoms with Crippen LogP contribution in [-0.2, 0) is 6.54 Å². The highest BCUT2D eigenvalue weighted by atomic mass is 32.1. The predicted molar refractivity (Wildman–Crippen MR) is 45.5 cm³/mol. The number of carboxylic acid groups (broad SMARTS) is 1. The van der Waals surface area contributed by atoms with Crippen LogP contribution in [0.25, 0.3) is 0 Å². The highest BCUT2D eigenvalue weighted by molar-refractivity contribution is 7.09. The van der Waals surface area contributed by atoms with Gasteiger partial charge in [0, 0.05) is 5.38 Å². The first kappa shape index (κ1) is 9.46. The maximum absolute atomic E-state index is 10.4. The lowest BCUT2D eigenvalue weighted by Crippen LogP contribution is -2.28. The summed E-state index contributed by atoms with van der Waals surface area (Å²) in [6, 6.07) is -0.660. The number of hydrogen-bond donors (Lipinski definition) is 3. The summed E-state index contributed by atoms with van der Waals surface area (Å²) in [7, 11) is 0. The van der Waals surface area contributed by atoms with Gasteiger partial charge < -0.3 is 16.2 Å². The van der Waals surface area contributed by atoms with E-state index in [9.17, 15) is 9.59 Å². The molecule has 0 unspecified atom stereocenters. The number of carbonyl (C=O) groups excluding carboxylic acids is 1. The second kappa shape index (κ2) is 3.85. The fraction of sp³-hybridized carbons (Fsp3) is 0.167. The van der Waals surface area contributed by atoms with E-state index in [1.807, 2.05) is 0 Å². The van der Waals surface area contributed by atoms with Gasteiger partial charge >= 0.3 is 12.0 Å². The Labute approximate surface area is 77.4 Å². The van der Waals surface area contributed by atoms with Crippen LogP contribution in [0.2, 0.25) is 0 Å². The maximum Gasteiger partial charge on any atom is 0.355 e. The van der Waals surface area contributed by atoms with Gasteiger partial charge in [0.05, 0.1) is 6.54 Å². The number of nitrogens with one attached hydrogen (secondary N) is 1. The number of carboxylic acids is 1. The largest absolute Gasteiger partial charge is 0.476 e. The van der Waals surface area contributed by atoms with Crippen LogP contribution in [0, 0.1) is 0 Å². The Morgan fingerprint density at radius 3 is 2.85 bits per heavy atom. The lowest BCUT2D eigenvalue weighted by atomic mass is 10.5. The fourth-order valence-corrected chi connectivity index (χ4v) is 1.36. The predicted octanol–water partition coefficient (Wildman–Crippen LogP) is 0.00960. The number of urea groups is 1. The molecule has 0 radical (unpaired) electrons. The first-order valence-electron chi connectivity index (χ1n) is 3.30. The smallest absolute Gasteiger partial charge is 0.355 e. The van der Waals surface area contributed by atoms with E-state index < -0.39 is 12.0 Å². The van der Waals surface area contributed by atoms with Crippen molar-refractivity contribution in [2.24, 2.45) is 5.73 Å². The van der Waals surface area contributed by atoms with Crippen molar-refractivity contribution in [1.82, 2.24) is 10.3 Å². The molecule has 1 aromatic heterocycles. The van der Waals surface area contributed by atoms with E-state index >= 15 is 0 Å². The quantitative estimate of drug-likeness (QED) is 0.640. The topological polar surface area (TPSA) is 105 Å². The van der Waals surface area contributed by atoms with Gasteiger partial charge in [-0.15, -0.1) is 11.3 Å². The lowest BCUT2D eigenvalue weighted by Gasteiger charge is -1.95. The first-order valence-corrected chi connectivity index (χ1v) is 4.18. The van der Waals surface area contributed by atoms with E-state index in [0.717, 1.165) is 11.3 Å². The molecule has 0 aliphatic heterocycles. The van der Waals surface area contributed by atoms with Gasteiger partial charge in [-0.3, -0.25) is 0 Å². The molecule has 0 aliphatic rings. The minimum Gasteiger partial charge on any atom is -0.476 e. The number of aromatic carboxylic acids is 1. The summed E-state index contributed by atoms with van der Waals surface area (Å²) in [6.45, 7) is 0.160. The second-order valence-electron chi connectivity index (χ2n) is 2.15. The summed E-state index contributed by atoms with van der Waals surface area (Å²) in [6.07, 6.45) is 0. The fourth-order valence-electron chi connectivity index (χ4n) is 0.653. The number of amides is 2. The van der Waals surface area contributed by atoms with E-state index in [4.69, 9.17) is 10.8 Å². The van der Waals surface area contributed by atoms with Crippen LogP contribution >= 0.6 is 11.3 Å². The molecule has 1 aromatic rings. The third-order valence-corrected chi connectivity index (χ3v) is 2.03. The van der Waals surface area contributed by atoms with Crippen molar-refractivity contribution in [3.8, 4) is 0 Å². The van der Waals surface area contributed by atoms with Gasteiger partial charge in [-0.25, -0.2) is 14.6 Å². The molecule has 4 N–H and O–H groups in total. The highest BCUT2D eigenvalue weighted by Crippen LogP contribution is 2.08. The number of rotatable bonds is 3. The third kappa shape index (κ3) is 2.71. The van der Waals surface area contributed by atoms with Crippen molar-refractivity contribution < 1.29 is 14.7 Å². The highest BCUT2D eigenvalue weighted by Gasteiger charge is 2.08. The van der Waals surface area contributed by atoms with Crippen molar-refractivity contribution in [2.75, 3.05) is 0 Å². The van der Waals surface area contributed by atoms with E-state index in [-0.39, 0.29) is 12.2 Å². The standard InChI is InChI=1S/C6H7N3O3S/c7-6(12)8-1-4-9-3(2-13-4)5(10)11/h2H,1H2,(H,10,11)(H3,7,8,12). The zero-order valence-corrected chi connectivity index (χ0v) is 7.30. The second-order valence-corrected chi connectivity index (χ2v) is 3.09. The number of nitrogens with two attached hydrogens (primary N) is 1. The first-order chi connectivity index (χ1) is 6.09. The zero-order valence-electron chi connectivity index (χ0n) is 6.48. The van der Waals surface area contributed by atoms with Gasteiger partial charge in [-0.1, -0.05) is 0 Å². The maximum atomic E-state index is 10.4. The summed E-state index contributed by atoms with van der Waals surface area (Å²) < 4.78 is 0. The monoisotopic (exact) mass is 201 g/mol. The van der Waals surface area contributed by atoms with Crippen molar-refractivity contribution in [1.29, 1.82) is 0 Å². The molecule has 2 amide bonds. The van der Waals surface area contributed by atoms with Crippen LogP contribution in [0.1, 0.15) is 15.5 Å². The normalized spacial score (nSPS) is 9.54. The van der Waals surface area contributed by atoms with E-state index in [1.165, 1.54) is 5.38 Å². The van der Waals surface area contributed by atoms with E-state index in [2.05, 4.69) is 10.3 Å². The van der Waals surface area contributed by atoms with Crippen molar-refractivity contribution in [3.63, 3.8) is 0 Å². The Morgan fingerprint density at radius 2 is 2.38 bits per heavy atom. The summed E-state index contributed by atoms with van der Waals surface area (Å²) in [5, 5.41) is 12.7. The number of carbonyl (C=O) groups is 2. The summed E-state index contributed by atoms with van der Waals surface area (Å²) in [5.41, 5.74) is 4.80. The molecule has 0 saturated heterocycles. The van der Waals surface area contributed by atoms with Gasteiger partial charge in [0.2, 0.25) is 0 Å². The SMILES string of the molecule is NC(=O)NCc1nc(C(=O)O)cs1. The molecule has 1 rings (SSSR count). The molecular weight excluding hydrogens is 194 g/mol. The molecule has 0 aliphatic carbocycles. The van der Waals surface area contributed by atoms with Gasteiger partial charge in [0.25, 0.3) is 0 Å². The summed E-state index contributed by atoms with van der Waals surface area (Å²) in [5.74, 6) is -1.08. The molecule has 0 saturated carbocycles. The molecule has 0 spiro atoms. The molecule has 1 heterocycles. The number of nitrogens with zero attached hydrogens (tertiary/aromatic N) is 1. The van der Waals surface area contributed by atoms with E-state index in [1.54, 1.807) is 0 Å². The average Bonchev–Trinajstić information content (AvgIpc) is 2.48. The van der Waals surface area contributed by atoms with Gasteiger partial charge in [-0.05, 0) is 0 Å². The van der Waals surface area contributed by atoms with Gasteiger partial charge in [-0.2, -0.15) is 0 Å². The van der Waals surface area contributed by atoms with Gasteiger partial charge in [0.15, 0.2) is 5.69 Å². The average molecular weight is 201 g/mol. The number of aromatic nitrogens is 1. The molecule has 0 fully saturated rings. The Balaban J connectivity index is 2.59. The number of hydrogen-bond acceptors (Lipinski definition) is 4. The Kier molecular flexibility index (Phi) is 2.80.